The second kappa shape index (κ2) is 8.70. The maximum atomic E-state index is 13.5. The number of anilines is 1. The van der Waals surface area contributed by atoms with Crippen molar-refractivity contribution in [1.82, 2.24) is 0 Å². The van der Waals surface area contributed by atoms with E-state index >= 15 is 0 Å². The molecule has 4 rings (SSSR count). The Bertz CT molecular complexity index is 1350. The molecule has 3 aromatic carbocycles. The number of hydrogen-bond acceptors (Lipinski definition) is 7. The van der Waals surface area contributed by atoms with Crippen LogP contribution in [0.15, 0.2) is 72.8 Å². The highest BCUT2D eigenvalue weighted by Crippen LogP contribution is 2.44. The van der Waals surface area contributed by atoms with Crippen LogP contribution in [0.2, 0.25) is 0 Å². The molecule has 3 aromatic rings. The molecule has 0 N–H and O–H groups in total. The van der Waals surface area contributed by atoms with Crippen LogP contribution in [0.3, 0.4) is 0 Å². The number of amides is 1. The zero-order chi connectivity index (χ0) is 24.6. The molecule has 2 unspecified atom stereocenters. The van der Waals surface area contributed by atoms with Crippen molar-refractivity contribution in [2.45, 2.75) is 13.0 Å². The number of carbonyl (C=O) groups is 4. The largest absolute Gasteiger partial charge is 0.545 e. The van der Waals surface area contributed by atoms with Crippen LogP contribution < -0.4 is 10.0 Å². The van der Waals surface area contributed by atoms with Crippen molar-refractivity contribution < 1.29 is 29.2 Å². The molecule has 2 atom stereocenters. The monoisotopic (exact) mass is 457 g/mol. The first kappa shape index (κ1) is 22.5. The van der Waals surface area contributed by atoms with Gasteiger partial charge in [0.2, 0.25) is 5.78 Å². The molecule has 170 valence electrons. The number of carboxylic acids is 1. The topological polar surface area (TPSA) is 138 Å². The molecule has 0 aromatic heterocycles. The summed E-state index contributed by atoms with van der Waals surface area (Å²) in [6.45, 7) is 1.82. The fourth-order valence-electron chi connectivity index (χ4n) is 4.11. The average Bonchev–Trinajstić information content (AvgIpc) is 3.09. The molecule has 9 heteroatoms. The van der Waals surface area contributed by atoms with Crippen LogP contribution in [-0.2, 0) is 9.59 Å². The smallest absolute Gasteiger partial charge is 0.295 e. The number of carboxylic acid groups (broad SMARTS) is 1. The Labute approximate surface area is 193 Å². The summed E-state index contributed by atoms with van der Waals surface area (Å²) in [6, 6.07) is 15.7. The number of rotatable bonds is 6. The van der Waals surface area contributed by atoms with Gasteiger partial charge in [0.1, 0.15) is 5.92 Å². The minimum Gasteiger partial charge on any atom is -0.545 e. The predicted octanol–water partition coefficient (Wildman–Crippen LogP) is 2.42. The fourth-order valence-corrected chi connectivity index (χ4v) is 4.11. The van der Waals surface area contributed by atoms with E-state index < -0.39 is 40.3 Å². The molecule has 1 aliphatic rings. The molecule has 0 spiro atoms. The maximum absolute atomic E-state index is 13.5. The lowest BCUT2D eigenvalue weighted by molar-refractivity contribution is -0.385. The van der Waals surface area contributed by atoms with E-state index in [-0.39, 0.29) is 28.1 Å². The normalized spacial score (nSPS) is 17.6. The number of benzene rings is 3. The molecule has 9 nitrogen and oxygen atoms in total. The number of Topliss-reactive ketones (excluding diaryl/α,β-unsaturated/α-hetero) is 2. The van der Waals surface area contributed by atoms with Gasteiger partial charge in [0.15, 0.2) is 5.78 Å². The van der Waals surface area contributed by atoms with E-state index in [4.69, 9.17) is 0 Å². The lowest BCUT2D eigenvalue weighted by atomic mass is 9.85. The molecular formula is C25H17N2O7-. The van der Waals surface area contributed by atoms with Crippen molar-refractivity contribution in [3.63, 3.8) is 0 Å². The van der Waals surface area contributed by atoms with Gasteiger partial charge in [-0.25, -0.2) is 0 Å². The summed E-state index contributed by atoms with van der Waals surface area (Å²) < 4.78 is 0. The average molecular weight is 457 g/mol. The highest BCUT2D eigenvalue weighted by Gasteiger charge is 2.53. The van der Waals surface area contributed by atoms with Gasteiger partial charge >= 0.3 is 0 Å². The minimum atomic E-state index is -1.57. The van der Waals surface area contributed by atoms with E-state index in [9.17, 15) is 34.4 Å². The number of nitro groups is 1. The van der Waals surface area contributed by atoms with Gasteiger partial charge in [-0.05, 0) is 24.6 Å². The van der Waals surface area contributed by atoms with Crippen molar-refractivity contribution >= 4 is 34.8 Å². The van der Waals surface area contributed by atoms with Crippen LogP contribution >= 0.6 is 0 Å². The number of aryl methyl sites for hydroxylation is 1. The van der Waals surface area contributed by atoms with Crippen LogP contribution in [0, 0.1) is 23.0 Å². The van der Waals surface area contributed by atoms with Gasteiger partial charge in [-0.15, -0.1) is 0 Å². The third-order valence-electron chi connectivity index (χ3n) is 5.74. The number of nitrogens with zero attached hydrogens (tertiary/aromatic N) is 2. The van der Waals surface area contributed by atoms with Crippen molar-refractivity contribution in [2.24, 2.45) is 5.92 Å². The molecule has 1 fully saturated rings. The van der Waals surface area contributed by atoms with Crippen LogP contribution in [0.4, 0.5) is 11.4 Å². The van der Waals surface area contributed by atoms with Gasteiger partial charge in [-0.3, -0.25) is 29.4 Å². The summed E-state index contributed by atoms with van der Waals surface area (Å²) in [5.41, 5.74) is 0.399. The summed E-state index contributed by atoms with van der Waals surface area (Å²) in [4.78, 5) is 63.2. The quantitative estimate of drug-likeness (QED) is 0.182. The Morgan fingerprint density at radius 3 is 2.24 bits per heavy atom. The number of para-hydroxylation sites is 1. The van der Waals surface area contributed by atoms with Crippen LogP contribution in [0.1, 0.15) is 37.9 Å². The second-order valence-electron chi connectivity index (χ2n) is 7.85. The molecule has 1 heterocycles. The molecule has 0 bridgehead atoms. The standard InChI is InChI=1S/C25H18N2O7/c1-14-9-11-15(12-10-14)22(28)20-21(18-7-2-3-8-19(18)27(33)34)26(24(30)23(20)29)17-6-4-5-16(13-17)25(31)32/h2-13,20-21H,1H3,(H,31,32)/p-1. The summed E-state index contributed by atoms with van der Waals surface area (Å²) in [5, 5.41) is 23.1. The van der Waals surface area contributed by atoms with Crippen molar-refractivity contribution in [3.8, 4) is 0 Å². The summed E-state index contributed by atoms with van der Waals surface area (Å²) in [7, 11) is 0. The summed E-state index contributed by atoms with van der Waals surface area (Å²) in [6.07, 6.45) is 0. The molecule has 0 aliphatic carbocycles. The van der Waals surface area contributed by atoms with Gasteiger partial charge < -0.3 is 9.90 Å². The number of hydrogen-bond donors (Lipinski definition) is 0. The maximum Gasteiger partial charge on any atom is 0.295 e. The number of ketones is 2. The van der Waals surface area contributed by atoms with E-state index in [1.54, 1.807) is 12.1 Å². The first-order chi connectivity index (χ1) is 16.2. The van der Waals surface area contributed by atoms with E-state index in [0.29, 0.717) is 0 Å². The van der Waals surface area contributed by atoms with E-state index in [1.165, 1.54) is 54.6 Å². The van der Waals surface area contributed by atoms with Crippen molar-refractivity contribution in [2.75, 3.05) is 4.90 Å². The van der Waals surface area contributed by atoms with Crippen molar-refractivity contribution in [3.05, 3.63) is 105 Å². The summed E-state index contributed by atoms with van der Waals surface area (Å²) >= 11 is 0. The SMILES string of the molecule is Cc1ccc(C(=O)C2C(=O)C(=O)N(c3cccc(C(=O)[O-])c3)C2c2ccccc2[N+](=O)[O-])cc1. The third kappa shape index (κ3) is 3.83. The Balaban J connectivity index is 1.93. The lowest BCUT2D eigenvalue weighted by Crippen LogP contribution is -2.31. The van der Waals surface area contributed by atoms with Gasteiger partial charge in [-0.2, -0.15) is 0 Å². The molecular weight excluding hydrogens is 440 g/mol. The zero-order valence-electron chi connectivity index (χ0n) is 17.8. The predicted molar refractivity (Wildman–Crippen MR) is 118 cm³/mol. The molecule has 1 amide bonds. The molecule has 0 radical (unpaired) electrons. The minimum absolute atomic E-state index is 0.00223. The Morgan fingerprint density at radius 2 is 1.59 bits per heavy atom. The molecule has 1 aliphatic heterocycles. The summed E-state index contributed by atoms with van der Waals surface area (Å²) in [5.74, 6) is -5.84. The van der Waals surface area contributed by atoms with Crippen LogP contribution in [-0.4, -0.2) is 28.4 Å². The first-order valence-electron chi connectivity index (χ1n) is 10.2. The zero-order valence-corrected chi connectivity index (χ0v) is 17.8. The number of carbonyl (C=O) groups excluding carboxylic acids is 4. The lowest BCUT2D eigenvalue weighted by Gasteiger charge is -2.27. The third-order valence-corrected chi connectivity index (χ3v) is 5.74. The van der Waals surface area contributed by atoms with Crippen molar-refractivity contribution in [1.29, 1.82) is 0 Å². The van der Waals surface area contributed by atoms with Gasteiger partial charge in [0.05, 0.1) is 22.5 Å². The number of aromatic carboxylic acids is 1. The van der Waals surface area contributed by atoms with E-state index in [0.717, 1.165) is 16.5 Å². The van der Waals surface area contributed by atoms with E-state index in [1.807, 2.05) is 6.92 Å². The van der Waals surface area contributed by atoms with E-state index in [2.05, 4.69) is 0 Å². The highest BCUT2D eigenvalue weighted by atomic mass is 16.6. The fraction of sp³-hybridized carbons (Fsp3) is 0.120. The van der Waals surface area contributed by atoms with Gasteiger partial charge in [-0.1, -0.05) is 60.2 Å². The second-order valence-corrected chi connectivity index (χ2v) is 7.85. The Kier molecular flexibility index (Phi) is 5.77. The number of nitro benzene ring substituents is 1. The van der Waals surface area contributed by atoms with Gasteiger partial charge in [0.25, 0.3) is 11.6 Å². The Morgan fingerprint density at radius 1 is 0.912 bits per heavy atom. The van der Waals surface area contributed by atoms with Gasteiger partial charge in [0, 0.05) is 17.3 Å². The van der Waals surface area contributed by atoms with Crippen LogP contribution in [0.5, 0.6) is 0 Å². The molecule has 1 saturated heterocycles. The Hall–Kier alpha value is -4.66. The first-order valence-corrected chi connectivity index (χ1v) is 10.2. The van der Waals surface area contributed by atoms with Crippen LogP contribution in [0.25, 0.3) is 0 Å². The molecule has 34 heavy (non-hydrogen) atoms. The molecule has 0 saturated carbocycles. The highest BCUT2D eigenvalue weighted by molar-refractivity contribution is 6.49.